The molecular weight excluding hydrogens is 400 g/mol. The zero-order valence-corrected chi connectivity index (χ0v) is 15.4. The van der Waals surface area contributed by atoms with Crippen LogP contribution in [0.25, 0.3) is 0 Å². The van der Waals surface area contributed by atoms with Gasteiger partial charge in [0.2, 0.25) is 0 Å². The number of nitrogens with zero attached hydrogens (tertiary/aromatic N) is 1. The van der Waals surface area contributed by atoms with Crippen LogP contribution in [-0.4, -0.2) is 29.2 Å². The maximum atomic E-state index is 13.7. The summed E-state index contributed by atoms with van der Waals surface area (Å²) in [6.07, 6.45) is 1.31. The first-order chi connectivity index (χ1) is 12.7. The number of amidine groups is 1. The normalized spacial score (nSPS) is 14.7. The molecule has 0 aromatic heterocycles. The first-order valence-electron chi connectivity index (χ1n) is 7.81. The summed E-state index contributed by atoms with van der Waals surface area (Å²) in [5, 5.41) is 0. The molecule has 0 saturated carbocycles. The molecule has 27 heavy (non-hydrogen) atoms. The van der Waals surface area contributed by atoms with Gasteiger partial charge in [0.15, 0.2) is 0 Å². The van der Waals surface area contributed by atoms with Gasteiger partial charge in [0.25, 0.3) is 20.0 Å². The first kappa shape index (κ1) is 19.2. The van der Waals surface area contributed by atoms with Crippen LogP contribution in [0.3, 0.4) is 0 Å². The largest absolute Gasteiger partial charge is 0.280 e. The smallest absolute Gasteiger partial charge is 0.264 e. The third kappa shape index (κ3) is 4.42. The third-order valence-corrected chi connectivity index (χ3v) is 6.52. The standard InChI is InChI=1S/C16H15F2N3O4S2/c17-11-3-8-14(18)15(10-11)27(24,25)20-12-4-6-13(7-5-12)26(22,23)21-16-2-1-9-19-16/h3-8,10,20H,1-2,9H2,(H,19,21). The molecule has 1 aliphatic heterocycles. The zero-order chi connectivity index (χ0) is 19.7. The lowest BCUT2D eigenvalue weighted by molar-refractivity contribution is 0.555. The van der Waals surface area contributed by atoms with Crippen molar-refractivity contribution in [3.63, 3.8) is 0 Å². The Morgan fingerprint density at radius 2 is 1.59 bits per heavy atom. The van der Waals surface area contributed by atoms with Gasteiger partial charge in [0.1, 0.15) is 22.4 Å². The van der Waals surface area contributed by atoms with Crippen molar-refractivity contribution in [2.75, 3.05) is 11.3 Å². The maximum absolute atomic E-state index is 13.7. The molecule has 1 aliphatic rings. The fraction of sp³-hybridized carbons (Fsp3) is 0.188. The van der Waals surface area contributed by atoms with Gasteiger partial charge in [-0.15, -0.1) is 0 Å². The second-order valence-corrected chi connectivity index (χ2v) is 9.08. The molecule has 2 aromatic rings. The van der Waals surface area contributed by atoms with E-state index in [0.717, 1.165) is 12.5 Å². The average Bonchev–Trinajstić information content (AvgIpc) is 3.09. The van der Waals surface area contributed by atoms with Crippen LogP contribution in [0.4, 0.5) is 14.5 Å². The van der Waals surface area contributed by atoms with E-state index in [1.807, 2.05) is 0 Å². The molecule has 2 aromatic carbocycles. The van der Waals surface area contributed by atoms with Crippen LogP contribution in [0.15, 0.2) is 57.2 Å². The third-order valence-electron chi connectivity index (χ3n) is 3.73. The van der Waals surface area contributed by atoms with E-state index < -0.39 is 36.6 Å². The van der Waals surface area contributed by atoms with E-state index in [2.05, 4.69) is 14.4 Å². The molecule has 0 saturated heterocycles. The predicted molar refractivity (Wildman–Crippen MR) is 95.5 cm³/mol. The summed E-state index contributed by atoms with van der Waals surface area (Å²) in [5.74, 6) is -1.63. The molecule has 0 spiro atoms. The van der Waals surface area contributed by atoms with Crippen LogP contribution in [0.2, 0.25) is 0 Å². The van der Waals surface area contributed by atoms with E-state index in [4.69, 9.17) is 0 Å². The molecule has 11 heteroatoms. The van der Waals surface area contributed by atoms with Crippen molar-refractivity contribution in [2.45, 2.75) is 22.6 Å². The van der Waals surface area contributed by atoms with Gasteiger partial charge in [0.05, 0.1) is 4.90 Å². The van der Waals surface area contributed by atoms with Crippen LogP contribution in [-0.2, 0) is 20.0 Å². The fourth-order valence-electron chi connectivity index (χ4n) is 2.43. The molecule has 0 radical (unpaired) electrons. The molecule has 1 heterocycles. The predicted octanol–water partition coefficient (Wildman–Crippen LogP) is 2.24. The Kier molecular flexibility index (Phi) is 5.16. The number of hydrogen-bond acceptors (Lipinski definition) is 5. The summed E-state index contributed by atoms with van der Waals surface area (Å²) in [6.45, 7) is 0.565. The number of halogens is 2. The molecule has 3 rings (SSSR count). The minimum atomic E-state index is -4.38. The van der Waals surface area contributed by atoms with Gasteiger partial charge >= 0.3 is 0 Å². The van der Waals surface area contributed by atoms with Gasteiger partial charge in [-0.05, 0) is 48.9 Å². The maximum Gasteiger partial charge on any atom is 0.264 e. The Balaban J connectivity index is 1.80. The lowest BCUT2D eigenvalue weighted by Crippen LogP contribution is -2.29. The molecule has 144 valence electrons. The molecular formula is C16H15F2N3O4S2. The molecule has 0 amide bonds. The number of rotatable bonds is 5. The summed E-state index contributed by atoms with van der Waals surface area (Å²) in [5.41, 5.74) is -0.00387. The Hall–Kier alpha value is -2.53. The van der Waals surface area contributed by atoms with Crippen LogP contribution in [0.5, 0.6) is 0 Å². The van der Waals surface area contributed by atoms with E-state index in [0.29, 0.717) is 30.9 Å². The molecule has 0 unspecified atom stereocenters. The highest BCUT2D eigenvalue weighted by molar-refractivity contribution is 7.92. The van der Waals surface area contributed by atoms with Crippen molar-refractivity contribution in [3.05, 3.63) is 54.1 Å². The topological polar surface area (TPSA) is 105 Å². The van der Waals surface area contributed by atoms with Gasteiger partial charge in [-0.1, -0.05) is 0 Å². The average molecular weight is 415 g/mol. The summed E-state index contributed by atoms with van der Waals surface area (Å²) in [7, 11) is -8.22. The van der Waals surface area contributed by atoms with E-state index in [1.165, 1.54) is 24.3 Å². The monoisotopic (exact) mass is 415 g/mol. The minimum absolute atomic E-state index is 0.00387. The van der Waals surface area contributed by atoms with Gasteiger partial charge in [0, 0.05) is 18.7 Å². The highest BCUT2D eigenvalue weighted by atomic mass is 32.2. The number of nitrogens with one attached hydrogen (secondary N) is 2. The first-order valence-corrected chi connectivity index (χ1v) is 10.8. The van der Waals surface area contributed by atoms with Crippen molar-refractivity contribution < 1.29 is 25.6 Å². The van der Waals surface area contributed by atoms with Gasteiger partial charge in [-0.25, -0.2) is 25.6 Å². The number of sulfonamides is 2. The minimum Gasteiger partial charge on any atom is -0.280 e. The number of anilines is 1. The Morgan fingerprint density at radius 3 is 2.22 bits per heavy atom. The highest BCUT2D eigenvalue weighted by Crippen LogP contribution is 2.21. The van der Waals surface area contributed by atoms with Crippen molar-refractivity contribution >= 4 is 31.6 Å². The lowest BCUT2D eigenvalue weighted by atomic mass is 10.3. The molecule has 2 N–H and O–H groups in total. The van der Waals surface area contributed by atoms with E-state index >= 15 is 0 Å². The summed E-state index contributed by atoms with van der Waals surface area (Å²) in [4.78, 5) is 3.10. The second kappa shape index (κ2) is 7.24. The van der Waals surface area contributed by atoms with Crippen LogP contribution >= 0.6 is 0 Å². The van der Waals surface area contributed by atoms with Gasteiger partial charge in [-0.2, -0.15) is 0 Å². The van der Waals surface area contributed by atoms with Gasteiger partial charge in [-0.3, -0.25) is 14.4 Å². The van der Waals surface area contributed by atoms with Crippen LogP contribution < -0.4 is 9.44 Å². The van der Waals surface area contributed by atoms with Crippen molar-refractivity contribution in [1.82, 2.24) is 4.72 Å². The van der Waals surface area contributed by atoms with E-state index in [-0.39, 0.29) is 10.6 Å². The lowest BCUT2D eigenvalue weighted by Gasteiger charge is -2.11. The number of hydrogen-bond donors (Lipinski definition) is 2. The van der Waals surface area contributed by atoms with Crippen LogP contribution in [0.1, 0.15) is 12.8 Å². The van der Waals surface area contributed by atoms with Crippen molar-refractivity contribution in [2.24, 2.45) is 4.99 Å². The van der Waals surface area contributed by atoms with Crippen LogP contribution in [0, 0.1) is 11.6 Å². The Morgan fingerprint density at radius 1 is 0.889 bits per heavy atom. The molecule has 0 fully saturated rings. The number of benzene rings is 2. The second-order valence-electron chi connectivity index (χ2n) is 5.74. The summed E-state index contributed by atoms with van der Waals surface area (Å²) >= 11 is 0. The Bertz CT molecular complexity index is 1100. The van der Waals surface area contributed by atoms with Crippen molar-refractivity contribution in [1.29, 1.82) is 0 Å². The molecule has 0 atom stereocenters. The van der Waals surface area contributed by atoms with E-state index in [1.54, 1.807) is 0 Å². The van der Waals surface area contributed by atoms with E-state index in [9.17, 15) is 25.6 Å². The quantitative estimate of drug-likeness (QED) is 0.781. The molecule has 0 aliphatic carbocycles. The van der Waals surface area contributed by atoms with Gasteiger partial charge < -0.3 is 0 Å². The number of aliphatic imine (C=N–C) groups is 1. The summed E-state index contributed by atoms with van der Waals surface area (Å²) < 4.78 is 80.4. The van der Waals surface area contributed by atoms with Crippen molar-refractivity contribution in [3.8, 4) is 0 Å². The summed E-state index contributed by atoms with van der Waals surface area (Å²) in [6, 6.07) is 6.87. The zero-order valence-electron chi connectivity index (χ0n) is 13.8. The SMILES string of the molecule is O=S(=O)(NC1=NCCC1)c1ccc(NS(=O)(=O)c2cc(F)ccc2F)cc1. The molecule has 0 bridgehead atoms. The highest BCUT2D eigenvalue weighted by Gasteiger charge is 2.21. The molecule has 7 nitrogen and oxygen atoms in total. The Labute approximate surface area is 155 Å². The fourth-order valence-corrected chi connectivity index (χ4v) is 4.67.